The van der Waals surface area contributed by atoms with Crippen molar-refractivity contribution in [1.82, 2.24) is 0 Å². The van der Waals surface area contributed by atoms with E-state index >= 15 is 0 Å². The molecule has 0 aromatic rings. The summed E-state index contributed by atoms with van der Waals surface area (Å²) in [6.45, 7) is 5.83. The lowest BCUT2D eigenvalue weighted by atomic mass is 9.58. The van der Waals surface area contributed by atoms with Crippen molar-refractivity contribution < 1.29 is 20.1 Å². The molecule has 1 saturated carbocycles. The molecule has 7 atom stereocenters. The summed E-state index contributed by atoms with van der Waals surface area (Å²) in [6.07, 6.45) is 10.3. The minimum atomic E-state index is -0.906. The zero-order valence-corrected chi connectivity index (χ0v) is 14.1. The number of aliphatic carboxylic acids is 1. The molecule has 4 nitrogen and oxygen atoms in total. The number of hydrogen-bond acceptors (Lipinski definition) is 3. The molecule has 0 amide bonds. The van der Waals surface area contributed by atoms with Crippen molar-refractivity contribution in [2.75, 3.05) is 6.61 Å². The molecule has 0 aromatic heterocycles. The number of fused-ring (bicyclic) bond motifs is 1. The second-order valence-electron chi connectivity index (χ2n) is 7.13. The lowest BCUT2D eigenvalue weighted by Gasteiger charge is -2.48. The van der Waals surface area contributed by atoms with Crippen molar-refractivity contribution in [2.24, 2.45) is 35.5 Å². The van der Waals surface area contributed by atoms with Crippen LogP contribution in [0.4, 0.5) is 0 Å². The molecule has 2 aliphatic carbocycles. The van der Waals surface area contributed by atoms with E-state index in [2.05, 4.69) is 32.1 Å². The molecular formula is C19H28O4. The molecule has 4 heteroatoms. The van der Waals surface area contributed by atoms with E-state index in [0.717, 1.165) is 6.42 Å². The number of allylic oxidation sites excluding steroid dienone is 5. The van der Waals surface area contributed by atoms with Gasteiger partial charge in [-0.15, -0.1) is 0 Å². The Kier molecular flexibility index (Phi) is 5.82. The molecule has 2 rings (SSSR count). The average molecular weight is 320 g/mol. The van der Waals surface area contributed by atoms with E-state index < -0.39 is 12.1 Å². The number of carbonyl (C=O) groups is 1. The Hall–Kier alpha value is -1.39. The molecule has 0 heterocycles. The van der Waals surface area contributed by atoms with Gasteiger partial charge in [0.2, 0.25) is 0 Å². The van der Waals surface area contributed by atoms with Gasteiger partial charge in [-0.2, -0.15) is 0 Å². The average Bonchev–Trinajstić information content (AvgIpc) is 2.52. The molecule has 0 bridgehead atoms. The number of aliphatic hydroxyl groups is 2. The van der Waals surface area contributed by atoms with Crippen LogP contribution in [0.15, 0.2) is 36.0 Å². The maximum absolute atomic E-state index is 10.9. The van der Waals surface area contributed by atoms with E-state index in [4.69, 9.17) is 5.11 Å². The Morgan fingerprint density at radius 3 is 2.61 bits per heavy atom. The van der Waals surface area contributed by atoms with Crippen molar-refractivity contribution in [2.45, 2.75) is 33.3 Å². The van der Waals surface area contributed by atoms with Crippen molar-refractivity contribution in [3.8, 4) is 0 Å². The second-order valence-corrected chi connectivity index (χ2v) is 7.13. The topological polar surface area (TPSA) is 77.8 Å². The van der Waals surface area contributed by atoms with Gasteiger partial charge in [-0.1, -0.05) is 44.2 Å². The normalized spacial score (nSPS) is 41.1. The lowest BCUT2D eigenvalue weighted by molar-refractivity contribution is -0.132. The van der Waals surface area contributed by atoms with Crippen LogP contribution in [-0.2, 0) is 4.79 Å². The van der Waals surface area contributed by atoms with Crippen LogP contribution < -0.4 is 0 Å². The zero-order valence-electron chi connectivity index (χ0n) is 14.1. The minimum Gasteiger partial charge on any atom is -0.478 e. The summed E-state index contributed by atoms with van der Waals surface area (Å²) in [5, 5.41) is 28.9. The second kappa shape index (κ2) is 7.45. The van der Waals surface area contributed by atoms with Crippen LogP contribution in [0.3, 0.4) is 0 Å². The molecule has 1 fully saturated rings. The maximum Gasteiger partial charge on any atom is 0.331 e. The Morgan fingerprint density at radius 2 is 2.00 bits per heavy atom. The van der Waals surface area contributed by atoms with Gasteiger partial charge in [-0.25, -0.2) is 4.79 Å². The maximum atomic E-state index is 10.9. The molecule has 0 radical (unpaired) electrons. The Morgan fingerprint density at radius 1 is 1.30 bits per heavy atom. The fourth-order valence-corrected chi connectivity index (χ4v) is 4.22. The summed E-state index contributed by atoms with van der Waals surface area (Å²) >= 11 is 0. The largest absolute Gasteiger partial charge is 0.478 e. The van der Waals surface area contributed by atoms with Crippen LogP contribution >= 0.6 is 0 Å². The molecule has 2 aliphatic rings. The predicted molar refractivity (Wildman–Crippen MR) is 89.7 cm³/mol. The van der Waals surface area contributed by atoms with Crippen molar-refractivity contribution in [1.29, 1.82) is 0 Å². The standard InChI is InChI=1S/C19H28O4/c1-11-7-8-14-9-15(10-20)18(21)13(3)17(14)16(11)6-4-5-12(2)19(22)23/h4-8,11,13-18,20-21H,9-10H2,1-3H3,(H,22,23)/b6-4+,12-5+/t11-,13-,14-,15-,16-,17-,18+/m0/s1. The lowest BCUT2D eigenvalue weighted by Crippen LogP contribution is -2.48. The number of carboxylic acid groups (broad SMARTS) is 1. The Bertz CT molecular complexity index is 519. The summed E-state index contributed by atoms with van der Waals surface area (Å²) in [6, 6.07) is 0. The highest BCUT2D eigenvalue weighted by molar-refractivity contribution is 5.86. The number of aliphatic hydroxyl groups excluding tert-OH is 2. The first-order valence-electron chi connectivity index (χ1n) is 8.42. The number of hydrogen-bond donors (Lipinski definition) is 3. The van der Waals surface area contributed by atoms with Gasteiger partial charge in [0.1, 0.15) is 0 Å². The summed E-state index contributed by atoms with van der Waals surface area (Å²) in [5.41, 5.74) is 0.314. The quantitative estimate of drug-likeness (QED) is 0.423. The zero-order chi connectivity index (χ0) is 17.1. The van der Waals surface area contributed by atoms with Gasteiger partial charge < -0.3 is 15.3 Å². The predicted octanol–water partition coefficient (Wildman–Crippen LogP) is 2.64. The van der Waals surface area contributed by atoms with Crippen molar-refractivity contribution in [3.05, 3.63) is 36.0 Å². The molecule has 0 aromatic carbocycles. The molecule has 0 unspecified atom stereocenters. The third kappa shape index (κ3) is 3.75. The highest BCUT2D eigenvalue weighted by Crippen LogP contribution is 2.48. The van der Waals surface area contributed by atoms with Gasteiger partial charge in [0.15, 0.2) is 0 Å². The smallest absolute Gasteiger partial charge is 0.331 e. The molecule has 0 aliphatic heterocycles. The van der Waals surface area contributed by atoms with Crippen LogP contribution in [0.2, 0.25) is 0 Å². The van der Waals surface area contributed by atoms with Crippen LogP contribution in [0.5, 0.6) is 0 Å². The fourth-order valence-electron chi connectivity index (χ4n) is 4.22. The Labute approximate surface area is 138 Å². The van der Waals surface area contributed by atoms with Gasteiger partial charge >= 0.3 is 5.97 Å². The monoisotopic (exact) mass is 320 g/mol. The van der Waals surface area contributed by atoms with Gasteiger partial charge in [-0.3, -0.25) is 0 Å². The van der Waals surface area contributed by atoms with Gasteiger partial charge in [0.05, 0.1) is 6.10 Å². The molecular weight excluding hydrogens is 292 g/mol. The summed E-state index contributed by atoms with van der Waals surface area (Å²) in [4.78, 5) is 10.9. The van der Waals surface area contributed by atoms with Crippen LogP contribution in [0.1, 0.15) is 27.2 Å². The van der Waals surface area contributed by atoms with Gasteiger partial charge in [0, 0.05) is 18.1 Å². The summed E-state index contributed by atoms with van der Waals surface area (Å²) in [7, 11) is 0. The third-order valence-corrected chi connectivity index (χ3v) is 5.66. The van der Waals surface area contributed by atoms with Crippen molar-refractivity contribution >= 4 is 5.97 Å². The SMILES string of the molecule is C/C(=C\C=C\[C@@H]1[C@H]2[C@H](C)[C@@H](O)[C@H](CO)C[C@@H]2C=C[C@@H]1C)C(=O)O. The Balaban J connectivity index is 2.22. The van der Waals surface area contributed by atoms with E-state index in [9.17, 15) is 15.0 Å². The van der Waals surface area contributed by atoms with E-state index in [1.165, 1.54) is 0 Å². The molecule has 128 valence electrons. The molecule has 23 heavy (non-hydrogen) atoms. The highest BCUT2D eigenvalue weighted by atomic mass is 16.4. The molecule has 0 spiro atoms. The number of rotatable bonds is 4. The minimum absolute atomic E-state index is 0.0270. The van der Waals surface area contributed by atoms with Gasteiger partial charge in [0.25, 0.3) is 0 Å². The van der Waals surface area contributed by atoms with Crippen molar-refractivity contribution in [3.63, 3.8) is 0 Å². The van der Waals surface area contributed by atoms with E-state index in [0.29, 0.717) is 23.3 Å². The summed E-state index contributed by atoms with van der Waals surface area (Å²) in [5.74, 6) is 0.457. The first-order chi connectivity index (χ1) is 10.9. The van der Waals surface area contributed by atoms with Crippen LogP contribution in [0, 0.1) is 35.5 Å². The summed E-state index contributed by atoms with van der Waals surface area (Å²) < 4.78 is 0. The van der Waals surface area contributed by atoms with Crippen LogP contribution in [-0.4, -0.2) is 34.0 Å². The van der Waals surface area contributed by atoms with E-state index in [1.54, 1.807) is 13.0 Å². The van der Waals surface area contributed by atoms with Crippen LogP contribution in [0.25, 0.3) is 0 Å². The molecule has 0 saturated heterocycles. The third-order valence-electron chi connectivity index (χ3n) is 5.66. The fraction of sp³-hybridized carbons (Fsp3) is 0.632. The first-order valence-corrected chi connectivity index (χ1v) is 8.42. The van der Waals surface area contributed by atoms with Gasteiger partial charge in [-0.05, 0) is 42.9 Å². The van der Waals surface area contributed by atoms with E-state index in [-0.39, 0.29) is 24.4 Å². The van der Waals surface area contributed by atoms with E-state index in [1.807, 2.05) is 6.08 Å². The number of carboxylic acids is 1. The highest BCUT2D eigenvalue weighted by Gasteiger charge is 2.45. The first kappa shape index (κ1) is 18.0. The molecule has 3 N–H and O–H groups in total.